The van der Waals surface area contributed by atoms with E-state index in [1.54, 1.807) is 16.9 Å². The van der Waals surface area contributed by atoms with Gasteiger partial charge in [0.2, 0.25) is 0 Å². The number of para-hydroxylation sites is 1. The van der Waals surface area contributed by atoms with Crippen molar-refractivity contribution < 1.29 is 4.79 Å². The van der Waals surface area contributed by atoms with Gasteiger partial charge in [-0.25, -0.2) is 4.68 Å². The van der Waals surface area contributed by atoms with Crippen LogP contribution in [0.15, 0.2) is 54.7 Å². The highest BCUT2D eigenvalue weighted by atomic mass is 16.1. The number of nitrogens with one attached hydrogen (secondary N) is 1. The van der Waals surface area contributed by atoms with Crippen LogP contribution in [0, 0.1) is 0 Å². The van der Waals surface area contributed by atoms with Crippen LogP contribution < -0.4 is 5.32 Å². The largest absolute Gasteiger partial charge is 0.347 e. The molecule has 0 bridgehead atoms. The fourth-order valence-electron chi connectivity index (χ4n) is 1.49. The molecule has 1 heterocycles. The summed E-state index contributed by atoms with van der Waals surface area (Å²) in [6.07, 6.45) is 1.77. The number of amides is 1. The minimum atomic E-state index is -0.187. The van der Waals surface area contributed by atoms with E-state index in [9.17, 15) is 4.79 Å². The van der Waals surface area contributed by atoms with Crippen LogP contribution in [-0.2, 0) is 0 Å². The lowest BCUT2D eigenvalue weighted by atomic mass is 10.3. The van der Waals surface area contributed by atoms with E-state index in [4.69, 9.17) is 0 Å². The van der Waals surface area contributed by atoms with E-state index in [1.165, 1.54) is 0 Å². The highest BCUT2D eigenvalue weighted by Crippen LogP contribution is 2.06. The Morgan fingerprint density at radius 1 is 1.33 bits per heavy atom. The van der Waals surface area contributed by atoms with Crippen LogP contribution >= 0.6 is 0 Å². The molecule has 1 aromatic carbocycles. The van der Waals surface area contributed by atoms with Crippen LogP contribution in [0.3, 0.4) is 0 Å². The smallest absolute Gasteiger partial charge is 0.272 e. The Balaban J connectivity index is 2.11. The number of nitrogens with zero attached hydrogens (tertiary/aromatic N) is 2. The Morgan fingerprint density at radius 2 is 2.06 bits per heavy atom. The molecule has 0 radical (unpaired) electrons. The second-order valence-electron chi connectivity index (χ2n) is 4.12. The summed E-state index contributed by atoms with van der Waals surface area (Å²) in [5.41, 5.74) is 2.24. The fourth-order valence-corrected chi connectivity index (χ4v) is 1.49. The molecule has 0 atom stereocenters. The summed E-state index contributed by atoms with van der Waals surface area (Å²) in [6.45, 7) is 6.07. The van der Waals surface area contributed by atoms with Gasteiger partial charge in [-0.2, -0.15) is 5.10 Å². The number of benzene rings is 1. The molecule has 0 aliphatic carbocycles. The van der Waals surface area contributed by atoms with Gasteiger partial charge in [0.05, 0.1) is 5.69 Å². The van der Waals surface area contributed by atoms with Crippen molar-refractivity contribution in [2.45, 2.75) is 6.92 Å². The third-order valence-electron chi connectivity index (χ3n) is 2.39. The number of hydrogen-bond donors (Lipinski definition) is 1. The molecule has 2 rings (SSSR count). The van der Waals surface area contributed by atoms with Crippen molar-refractivity contribution in [1.29, 1.82) is 0 Å². The predicted octanol–water partition coefficient (Wildman–Crippen LogP) is 2.18. The second-order valence-corrected chi connectivity index (χ2v) is 4.12. The van der Waals surface area contributed by atoms with Crippen molar-refractivity contribution in [2.75, 3.05) is 6.54 Å². The normalized spacial score (nSPS) is 10.1. The number of hydrogen-bond acceptors (Lipinski definition) is 2. The summed E-state index contributed by atoms with van der Waals surface area (Å²) in [5, 5.41) is 6.98. The minimum absolute atomic E-state index is 0.187. The minimum Gasteiger partial charge on any atom is -0.347 e. The van der Waals surface area contributed by atoms with Gasteiger partial charge in [0.25, 0.3) is 5.91 Å². The molecule has 0 saturated carbocycles. The highest BCUT2D eigenvalue weighted by molar-refractivity contribution is 5.92. The number of rotatable bonds is 4. The van der Waals surface area contributed by atoms with E-state index in [0.29, 0.717) is 12.2 Å². The Bertz CT molecular complexity index is 557. The van der Waals surface area contributed by atoms with Crippen LogP contribution in [-0.4, -0.2) is 22.2 Å². The second kappa shape index (κ2) is 5.31. The quantitative estimate of drug-likeness (QED) is 0.834. The lowest BCUT2D eigenvalue weighted by Crippen LogP contribution is -2.25. The molecule has 1 amide bonds. The summed E-state index contributed by atoms with van der Waals surface area (Å²) in [7, 11) is 0. The first-order chi connectivity index (χ1) is 8.66. The Kier molecular flexibility index (Phi) is 3.57. The van der Waals surface area contributed by atoms with Crippen molar-refractivity contribution >= 4 is 5.91 Å². The standard InChI is InChI=1S/C14H15N3O/c1-11(2)10-15-14(18)13-8-9-17(16-13)12-6-4-3-5-7-12/h3-9H,1,10H2,2H3,(H,15,18). The Hall–Kier alpha value is -2.36. The molecule has 1 N–H and O–H groups in total. The maximum Gasteiger partial charge on any atom is 0.272 e. The summed E-state index contributed by atoms with van der Waals surface area (Å²) in [6, 6.07) is 11.4. The van der Waals surface area contributed by atoms with Gasteiger partial charge in [0.1, 0.15) is 0 Å². The van der Waals surface area contributed by atoms with E-state index in [2.05, 4.69) is 17.0 Å². The molecule has 92 valence electrons. The first-order valence-electron chi connectivity index (χ1n) is 5.70. The van der Waals surface area contributed by atoms with E-state index in [1.807, 2.05) is 37.3 Å². The van der Waals surface area contributed by atoms with Gasteiger partial charge in [0.15, 0.2) is 5.69 Å². The highest BCUT2D eigenvalue weighted by Gasteiger charge is 2.09. The summed E-state index contributed by atoms with van der Waals surface area (Å²) in [4.78, 5) is 11.8. The van der Waals surface area contributed by atoms with Gasteiger partial charge in [-0.3, -0.25) is 4.79 Å². The first kappa shape index (κ1) is 12.1. The topological polar surface area (TPSA) is 46.9 Å². The summed E-state index contributed by atoms with van der Waals surface area (Å²) < 4.78 is 1.68. The molecule has 1 aromatic heterocycles. The summed E-state index contributed by atoms with van der Waals surface area (Å²) >= 11 is 0. The zero-order valence-electron chi connectivity index (χ0n) is 10.3. The van der Waals surface area contributed by atoms with Gasteiger partial charge in [-0.15, -0.1) is 0 Å². The third-order valence-corrected chi connectivity index (χ3v) is 2.39. The van der Waals surface area contributed by atoms with Crippen molar-refractivity contribution in [3.05, 3.63) is 60.4 Å². The molecule has 0 spiro atoms. The molecule has 4 heteroatoms. The summed E-state index contributed by atoms with van der Waals surface area (Å²) in [5.74, 6) is -0.187. The zero-order chi connectivity index (χ0) is 13.0. The van der Waals surface area contributed by atoms with E-state index in [0.717, 1.165) is 11.3 Å². The number of aromatic nitrogens is 2. The van der Waals surface area contributed by atoms with Crippen molar-refractivity contribution in [1.82, 2.24) is 15.1 Å². The van der Waals surface area contributed by atoms with Gasteiger partial charge < -0.3 is 5.32 Å². The predicted molar refractivity (Wildman–Crippen MR) is 70.7 cm³/mol. The monoisotopic (exact) mass is 241 g/mol. The molecule has 0 saturated heterocycles. The van der Waals surface area contributed by atoms with Crippen LogP contribution in [0.1, 0.15) is 17.4 Å². The SMILES string of the molecule is C=C(C)CNC(=O)c1ccn(-c2ccccc2)n1. The van der Waals surface area contributed by atoms with Crippen molar-refractivity contribution in [3.8, 4) is 5.69 Å². The fraction of sp³-hybridized carbons (Fsp3) is 0.143. The van der Waals surface area contributed by atoms with Crippen LogP contribution in [0.4, 0.5) is 0 Å². The van der Waals surface area contributed by atoms with Crippen LogP contribution in [0.2, 0.25) is 0 Å². The molecular weight excluding hydrogens is 226 g/mol. The molecule has 18 heavy (non-hydrogen) atoms. The third kappa shape index (κ3) is 2.85. The van der Waals surface area contributed by atoms with Gasteiger partial charge in [-0.1, -0.05) is 30.4 Å². The average molecular weight is 241 g/mol. The maximum absolute atomic E-state index is 11.8. The number of carbonyl (C=O) groups excluding carboxylic acids is 1. The maximum atomic E-state index is 11.8. The van der Waals surface area contributed by atoms with Crippen molar-refractivity contribution in [2.24, 2.45) is 0 Å². The molecule has 2 aromatic rings. The zero-order valence-corrected chi connectivity index (χ0v) is 10.3. The molecule has 0 aliphatic rings. The first-order valence-corrected chi connectivity index (χ1v) is 5.70. The molecule has 4 nitrogen and oxygen atoms in total. The van der Waals surface area contributed by atoms with Crippen molar-refractivity contribution in [3.63, 3.8) is 0 Å². The average Bonchev–Trinajstić information content (AvgIpc) is 2.86. The van der Waals surface area contributed by atoms with E-state index >= 15 is 0 Å². The van der Waals surface area contributed by atoms with E-state index < -0.39 is 0 Å². The van der Waals surface area contributed by atoms with Gasteiger partial charge in [-0.05, 0) is 25.1 Å². The van der Waals surface area contributed by atoms with E-state index in [-0.39, 0.29) is 5.91 Å². The molecule has 0 aliphatic heterocycles. The van der Waals surface area contributed by atoms with Gasteiger partial charge >= 0.3 is 0 Å². The molecular formula is C14H15N3O. The number of carbonyl (C=O) groups is 1. The lowest BCUT2D eigenvalue weighted by Gasteiger charge is -2.02. The molecule has 0 fully saturated rings. The van der Waals surface area contributed by atoms with Crippen LogP contribution in [0.25, 0.3) is 5.69 Å². The lowest BCUT2D eigenvalue weighted by molar-refractivity contribution is 0.0951. The molecule has 0 unspecified atom stereocenters. The van der Waals surface area contributed by atoms with Crippen LogP contribution in [0.5, 0.6) is 0 Å². The Morgan fingerprint density at radius 3 is 2.72 bits per heavy atom. The van der Waals surface area contributed by atoms with Gasteiger partial charge in [0, 0.05) is 12.7 Å². The Labute approximate surface area is 106 Å².